The van der Waals surface area contributed by atoms with E-state index in [-0.39, 0.29) is 5.56 Å². The maximum absolute atomic E-state index is 12.6. The first kappa shape index (κ1) is 15.5. The minimum Gasteiger partial charge on any atom is -0.378 e. The maximum atomic E-state index is 12.6. The average Bonchev–Trinajstić information content (AvgIpc) is 3.16. The van der Waals surface area contributed by atoms with Crippen LogP contribution in [-0.4, -0.2) is 33.7 Å². The molecular formula is C18H15N5OS. The molecule has 0 aliphatic rings. The number of hydrogen-bond donors (Lipinski definition) is 0. The van der Waals surface area contributed by atoms with E-state index < -0.39 is 0 Å². The summed E-state index contributed by atoms with van der Waals surface area (Å²) in [6, 6.07) is 11.7. The Morgan fingerprint density at radius 2 is 1.96 bits per heavy atom. The van der Waals surface area contributed by atoms with Crippen molar-refractivity contribution in [2.75, 3.05) is 19.0 Å². The summed E-state index contributed by atoms with van der Waals surface area (Å²) in [6.45, 7) is 0. The van der Waals surface area contributed by atoms with Gasteiger partial charge in [-0.1, -0.05) is 23.5 Å². The number of hydrogen-bond acceptors (Lipinski definition) is 6. The van der Waals surface area contributed by atoms with E-state index in [0.29, 0.717) is 15.3 Å². The van der Waals surface area contributed by atoms with Crippen molar-refractivity contribution in [3.8, 4) is 11.4 Å². The number of fused-ring (bicyclic) bond motifs is 1. The summed E-state index contributed by atoms with van der Waals surface area (Å²) in [6.07, 6.45) is 5.24. The van der Waals surface area contributed by atoms with E-state index in [4.69, 9.17) is 0 Å². The van der Waals surface area contributed by atoms with Crippen LogP contribution in [0.2, 0.25) is 0 Å². The summed E-state index contributed by atoms with van der Waals surface area (Å²) in [7, 11) is 3.99. The predicted molar refractivity (Wildman–Crippen MR) is 99.9 cm³/mol. The monoisotopic (exact) mass is 349 g/mol. The summed E-state index contributed by atoms with van der Waals surface area (Å²) < 4.78 is 1.97. The fourth-order valence-corrected chi connectivity index (χ4v) is 3.38. The molecule has 0 N–H and O–H groups in total. The standard InChI is InChI=1S/C18H15N5OS/c1-22(2)14-7-5-12(6-8-14)10-15-17(24)23-18(25-15)20-16(21-23)13-4-3-9-19-11-13/h3-11H,1-2H3. The van der Waals surface area contributed by atoms with E-state index in [1.165, 1.54) is 15.9 Å². The van der Waals surface area contributed by atoms with E-state index in [1.807, 2.05) is 61.5 Å². The lowest BCUT2D eigenvalue weighted by atomic mass is 10.2. The van der Waals surface area contributed by atoms with Gasteiger partial charge in [-0.2, -0.15) is 9.50 Å². The Morgan fingerprint density at radius 3 is 2.60 bits per heavy atom. The van der Waals surface area contributed by atoms with Crippen LogP contribution in [0.1, 0.15) is 5.56 Å². The van der Waals surface area contributed by atoms with Gasteiger partial charge in [0.25, 0.3) is 5.56 Å². The molecule has 0 bridgehead atoms. The summed E-state index contributed by atoms with van der Waals surface area (Å²) in [4.78, 5) is 23.7. The van der Waals surface area contributed by atoms with Crippen molar-refractivity contribution < 1.29 is 0 Å². The molecule has 4 rings (SSSR count). The third-order valence-corrected chi connectivity index (χ3v) is 4.77. The lowest BCUT2D eigenvalue weighted by Gasteiger charge is -2.11. The maximum Gasteiger partial charge on any atom is 0.291 e. The molecule has 0 aliphatic heterocycles. The number of thiazole rings is 1. The Balaban J connectivity index is 1.75. The summed E-state index contributed by atoms with van der Waals surface area (Å²) in [5.41, 5.74) is 2.73. The first-order valence-electron chi connectivity index (χ1n) is 7.71. The average molecular weight is 349 g/mol. The predicted octanol–water partition coefficient (Wildman–Crippen LogP) is 1.83. The molecule has 3 heterocycles. The van der Waals surface area contributed by atoms with Crippen molar-refractivity contribution in [1.82, 2.24) is 19.6 Å². The molecule has 124 valence electrons. The van der Waals surface area contributed by atoms with Gasteiger partial charge >= 0.3 is 0 Å². The van der Waals surface area contributed by atoms with Gasteiger partial charge in [0.15, 0.2) is 5.82 Å². The summed E-state index contributed by atoms with van der Waals surface area (Å²) in [5, 5.41) is 4.32. The molecule has 3 aromatic heterocycles. The van der Waals surface area contributed by atoms with Crippen LogP contribution >= 0.6 is 11.3 Å². The van der Waals surface area contributed by atoms with Gasteiger partial charge in [0.05, 0.1) is 4.53 Å². The summed E-state index contributed by atoms with van der Waals surface area (Å²) >= 11 is 1.34. The molecule has 0 saturated carbocycles. The normalized spacial score (nSPS) is 12.0. The van der Waals surface area contributed by atoms with Gasteiger partial charge in [0.2, 0.25) is 4.96 Å². The molecule has 0 fully saturated rings. The summed E-state index contributed by atoms with van der Waals surface area (Å²) in [5.74, 6) is 0.512. The van der Waals surface area contributed by atoms with Crippen molar-refractivity contribution in [3.05, 3.63) is 69.2 Å². The quantitative estimate of drug-likeness (QED) is 0.565. The van der Waals surface area contributed by atoms with Crippen LogP contribution in [-0.2, 0) is 0 Å². The number of pyridine rings is 1. The van der Waals surface area contributed by atoms with Crippen molar-refractivity contribution in [2.45, 2.75) is 0 Å². The van der Waals surface area contributed by atoms with Crippen molar-refractivity contribution in [2.24, 2.45) is 0 Å². The smallest absolute Gasteiger partial charge is 0.291 e. The zero-order valence-corrected chi connectivity index (χ0v) is 14.6. The molecule has 0 radical (unpaired) electrons. The third kappa shape index (κ3) is 2.89. The van der Waals surface area contributed by atoms with Crippen LogP contribution in [0.25, 0.3) is 22.4 Å². The molecule has 0 atom stereocenters. The lowest BCUT2D eigenvalue weighted by Crippen LogP contribution is -2.23. The Hall–Kier alpha value is -3.06. The Labute approximate surface area is 147 Å². The van der Waals surface area contributed by atoms with Crippen molar-refractivity contribution >= 4 is 28.1 Å². The third-order valence-electron chi connectivity index (χ3n) is 3.81. The lowest BCUT2D eigenvalue weighted by molar-refractivity contribution is 0.936. The van der Waals surface area contributed by atoms with Gasteiger partial charge in [0, 0.05) is 37.7 Å². The number of aromatic nitrogens is 4. The van der Waals surface area contributed by atoms with E-state index in [0.717, 1.165) is 16.8 Å². The highest BCUT2D eigenvalue weighted by Gasteiger charge is 2.11. The van der Waals surface area contributed by atoms with Gasteiger partial charge < -0.3 is 4.90 Å². The van der Waals surface area contributed by atoms with Gasteiger partial charge in [-0.15, -0.1) is 5.10 Å². The second-order valence-corrected chi connectivity index (χ2v) is 6.78. The molecular weight excluding hydrogens is 334 g/mol. The van der Waals surface area contributed by atoms with Gasteiger partial charge in [-0.05, 0) is 35.9 Å². The topological polar surface area (TPSA) is 63.4 Å². The highest BCUT2D eigenvalue weighted by molar-refractivity contribution is 7.15. The van der Waals surface area contributed by atoms with Gasteiger partial charge in [-0.25, -0.2) is 0 Å². The highest BCUT2D eigenvalue weighted by atomic mass is 32.1. The van der Waals surface area contributed by atoms with Gasteiger partial charge in [0.1, 0.15) is 0 Å². The number of benzene rings is 1. The van der Waals surface area contributed by atoms with Crippen LogP contribution in [0.5, 0.6) is 0 Å². The fourth-order valence-electron chi connectivity index (χ4n) is 2.47. The van der Waals surface area contributed by atoms with E-state index >= 15 is 0 Å². The number of rotatable bonds is 3. The van der Waals surface area contributed by atoms with E-state index in [1.54, 1.807) is 12.4 Å². The van der Waals surface area contributed by atoms with Crippen LogP contribution in [0.3, 0.4) is 0 Å². The van der Waals surface area contributed by atoms with E-state index in [2.05, 4.69) is 15.1 Å². The van der Waals surface area contributed by atoms with Crippen LogP contribution in [0.15, 0.2) is 53.6 Å². The van der Waals surface area contributed by atoms with Gasteiger partial charge in [-0.3, -0.25) is 9.78 Å². The fraction of sp³-hybridized carbons (Fsp3) is 0.111. The Morgan fingerprint density at radius 1 is 1.16 bits per heavy atom. The molecule has 6 nitrogen and oxygen atoms in total. The molecule has 0 saturated heterocycles. The van der Waals surface area contributed by atoms with Crippen molar-refractivity contribution in [1.29, 1.82) is 0 Å². The first-order valence-corrected chi connectivity index (χ1v) is 8.52. The largest absolute Gasteiger partial charge is 0.378 e. The molecule has 7 heteroatoms. The molecule has 1 aromatic carbocycles. The zero-order valence-electron chi connectivity index (χ0n) is 13.7. The second kappa shape index (κ2) is 6.10. The van der Waals surface area contributed by atoms with E-state index in [9.17, 15) is 4.79 Å². The molecule has 4 aromatic rings. The van der Waals surface area contributed by atoms with Crippen LogP contribution < -0.4 is 15.0 Å². The first-order chi connectivity index (χ1) is 12.1. The Kier molecular flexibility index (Phi) is 3.77. The molecule has 0 amide bonds. The zero-order chi connectivity index (χ0) is 17.4. The molecule has 0 spiro atoms. The molecule has 0 unspecified atom stereocenters. The van der Waals surface area contributed by atoms with Crippen LogP contribution in [0, 0.1) is 0 Å². The number of anilines is 1. The minimum absolute atomic E-state index is 0.153. The van der Waals surface area contributed by atoms with Crippen molar-refractivity contribution in [3.63, 3.8) is 0 Å². The second-order valence-electron chi connectivity index (χ2n) is 5.77. The van der Waals surface area contributed by atoms with Crippen LogP contribution in [0.4, 0.5) is 5.69 Å². The SMILES string of the molecule is CN(C)c1ccc(C=c2sc3nc(-c4cccnc4)nn3c2=O)cc1. The molecule has 25 heavy (non-hydrogen) atoms. The number of nitrogens with zero attached hydrogens (tertiary/aromatic N) is 5. The highest BCUT2D eigenvalue weighted by Crippen LogP contribution is 2.15. The minimum atomic E-state index is -0.153. The Bertz CT molecular complexity index is 1130. The molecule has 0 aliphatic carbocycles.